The number of benzene rings is 8. The predicted octanol–water partition coefficient (Wildman–Crippen LogP) is 12.8. The van der Waals surface area contributed by atoms with Crippen molar-refractivity contribution in [1.82, 2.24) is 37.8 Å². The molecule has 0 bridgehead atoms. The molecule has 8 heteroatoms. The first-order valence-corrected chi connectivity index (χ1v) is 20.9. The van der Waals surface area contributed by atoms with Gasteiger partial charge in [0, 0.05) is 61.5 Å². The lowest BCUT2D eigenvalue weighted by Crippen LogP contribution is -2.03. The van der Waals surface area contributed by atoms with Crippen LogP contribution in [0.2, 0.25) is 0 Å². The normalized spacial score (nSPS) is 12.3. The van der Waals surface area contributed by atoms with Crippen molar-refractivity contribution in [3.8, 4) is 23.3 Å². The van der Waals surface area contributed by atoms with Crippen LogP contribution in [0, 0.1) is 0 Å². The van der Waals surface area contributed by atoms with Gasteiger partial charge in [-0.1, -0.05) is 121 Å². The average molecular weight is 795 g/mol. The summed E-state index contributed by atoms with van der Waals surface area (Å²) in [6, 6.07) is 64.9. The maximum absolute atomic E-state index is 5.42. The second-order valence-electron chi connectivity index (χ2n) is 16.1. The van der Waals surface area contributed by atoms with Crippen molar-refractivity contribution in [3.63, 3.8) is 0 Å². The van der Waals surface area contributed by atoms with Gasteiger partial charge in [0.15, 0.2) is 5.65 Å². The fraction of sp³-hybridized carbons (Fsp3) is 0.0185. The first-order chi connectivity index (χ1) is 30.7. The van der Waals surface area contributed by atoms with Gasteiger partial charge >= 0.3 is 0 Å². The molecule has 0 fully saturated rings. The van der Waals surface area contributed by atoms with Crippen molar-refractivity contribution in [3.05, 3.63) is 188 Å². The highest BCUT2D eigenvalue weighted by atomic mass is 15.3. The minimum absolute atomic E-state index is 0.575. The number of hydrogen-bond acceptors (Lipinski definition) is 3. The minimum atomic E-state index is 0.575. The van der Waals surface area contributed by atoms with E-state index in [1.807, 2.05) is 6.20 Å². The van der Waals surface area contributed by atoms with Crippen LogP contribution in [0.1, 0.15) is 0 Å². The second-order valence-corrected chi connectivity index (χ2v) is 16.1. The molecule has 14 rings (SSSR count). The number of fused-ring (bicyclic) bond motifs is 15. The van der Waals surface area contributed by atoms with Crippen LogP contribution >= 0.6 is 0 Å². The van der Waals surface area contributed by atoms with E-state index in [2.05, 4.69) is 212 Å². The number of hydrogen-bond donors (Lipinski definition) is 0. The lowest BCUT2D eigenvalue weighted by molar-refractivity contribution is 0.869. The summed E-state index contributed by atoms with van der Waals surface area (Å²) in [5, 5.41) is 9.44. The van der Waals surface area contributed by atoms with Crippen LogP contribution in [0.5, 0.6) is 0 Å². The maximum atomic E-state index is 5.42. The summed E-state index contributed by atoms with van der Waals surface area (Å²) in [5.41, 5.74) is 12.6. The smallest absolute Gasteiger partial charge is 0.236 e. The zero-order valence-corrected chi connectivity index (χ0v) is 33.5. The molecule has 0 radical (unpaired) electrons. The molecular formula is C54H34N8. The summed E-state index contributed by atoms with van der Waals surface area (Å²) < 4.78 is 11.4. The molecule has 8 aromatic carbocycles. The fourth-order valence-corrected chi connectivity index (χ4v) is 10.4. The summed E-state index contributed by atoms with van der Waals surface area (Å²) in [5.74, 6) is 1.35. The van der Waals surface area contributed by atoms with E-state index in [0.29, 0.717) is 11.6 Å². The van der Waals surface area contributed by atoms with Gasteiger partial charge in [-0.3, -0.25) is 9.13 Å². The standard InChI is InChI=1S/C54H34N8/c1-58-47-32-55-53(61-44-27-15-11-23-40(44)49-46(61)31-29-37-35-20-8-12-24-41(35)60(50(37)49)34-18-6-3-7-19-34)56-52(47)57-54(58)62-42-25-13-9-21-36(42)38-28-30-45-48(51(38)62)39-22-10-14-26-43(39)59(45)33-16-4-2-5-17-33/h2-32H,1H3. The summed E-state index contributed by atoms with van der Waals surface area (Å²) in [6.45, 7) is 0. The molecule has 14 aromatic rings. The third kappa shape index (κ3) is 4.32. The van der Waals surface area contributed by atoms with Gasteiger partial charge in [0.05, 0.1) is 50.3 Å². The highest BCUT2D eigenvalue weighted by Crippen LogP contribution is 2.44. The Morgan fingerprint density at radius 1 is 0.339 bits per heavy atom. The van der Waals surface area contributed by atoms with Crippen molar-refractivity contribution < 1.29 is 0 Å². The lowest BCUT2D eigenvalue weighted by atomic mass is 10.1. The van der Waals surface area contributed by atoms with Crippen LogP contribution in [-0.4, -0.2) is 37.8 Å². The van der Waals surface area contributed by atoms with E-state index in [0.717, 1.165) is 72.2 Å². The van der Waals surface area contributed by atoms with E-state index < -0.39 is 0 Å². The molecule has 0 aliphatic heterocycles. The number of rotatable bonds is 4. The van der Waals surface area contributed by atoms with Gasteiger partial charge < -0.3 is 13.7 Å². The Balaban J connectivity index is 1.04. The second kappa shape index (κ2) is 12.3. The van der Waals surface area contributed by atoms with Crippen molar-refractivity contribution in [2.45, 2.75) is 0 Å². The van der Waals surface area contributed by atoms with E-state index >= 15 is 0 Å². The largest absolute Gasteiger partial charge is 0.310 e. The number of para-hydroxylation sites is 6. The van der Waals surface area contributed by atoms with Crippen LogP contribution < -0.4 is 0 Å². The molecule has 290 valence electrons. The molecule has 0 unspecified atom stereocenters. The van der Waals surface area contributed by atoms with E-state index in [-0.39, 0.29) is 0 Å². The van der Waals surface area contributed by atoms with E-state index in [9.17, 15) is 0 Å². The van der Waals surface area contributed by atoms with Crippen LogP contribution in [0.15, 0.2) is 188 Å². The molecule has 0 N–H and O–H groups in total. The van der Waals surface area contributed by atoms with Crippen LogP contribution in [0.3, 0.4) is 0 Å². The zero-order chi connectivity index (χ0) is 40.6. The van der Waals surface area contributed by atoms with Gasteiger partial charge in [-0.2, -0.15) is 9.97 Å². The predicted molar refractivity (Wildman–Crippen MR) is 254 cm³/mol. The Morgan fingerprint density at radius 2 is 0.790 bits per heavy atom. The third-order valence-corrected chi connectivity index (χ3v) is 13.0. The maximum Gasteiger partial charge on any atom is 0.236 e. The number of imidazole rings is 1. The summed E-state index contributed by atoms with van der Waals surface area (Å²) in [4.78, 5) is 15.9. The number of aromatic nitrogens is 8. The Hall–Kier alpha value is -8.49. The molecule has 62 heavy (non-hydrogen) atoms. The number of nitrogens with zero attached hydrogens (tertiary/aromatic N) is 8. The first-order valence-electron chi connectivity index (χ1n) is 20.9. The van der Waals surface area contributed by atoms with Crippen molar-refractivity contribution in [1.29, 1.82) is 0 Å². The molecule has 0 saturated carbocycles. The Morgan fingerprint density at radius 3 is 1.39 bits per heavy atom. The summed E-state index contributed by atoms with van der Waals surface area (Å²) in [6.07, 6.45) is 1.93. The molecule has 6 heterocycles. The molecule has 8 nitrogen and oxygen atoms in total. The summed E-state index contributed by atoms with van der Waals surface area (Å²) in [7, 11) is 2.07. The van der Waals surface area contributed by atoms with Crippen molar-refractivity contribution in [2.75, 3.05) is 0 Å². The minimum Gasteiger partial charge on any atom is -0.310 e. The van der Waals surface area contributed by atoms with Crippen molar-refractivity contribution in [2.24, 2.45) is 7.05 Å². The molecule has 0 aliphatic rings. The van der Waals surface area contributed by atoms with Crippen LogP contribution in [0.25, 0.3) is 122 Å². The average Bonchev–Trinajstić information content (AvgIpc) is 4.12. The lowest BCUT2D eigenvalue weighted by Gasteiger charge is -2.10. The molecule has 0 amide bonds. The molecule has 0 atom stereocenters. The fourth-order valence-electron chi connectivity index (χ4n) is 10.4. The topological polar surface area (TPSA) is 63.3 Å². The van der Waals surface area contributed by atoms with E-state index in [1.54, 1.807) is 0 Å². The number of aryl methyl sites for hydroxylation is 1. The van der Waals surface area contributed by atoms with Crippen LogP contribution in [-0.2, 0) is 7.05 Å². The first kappa shape index (κ1) is 33.4. The van der Waals surface area contributed by atoms with Crippen molar-refractivity contribution >= 4 is 98.4 Å². The molecule has 6 aromatic heterocycles. The van der Waals surface area contributed by atoms with Crippen LogP contribution in [0.4, 0.5) is 0 Å². The third-order valence-electron chi connectivity index (χ3n) is 13.0. The van der Waals surface area contributed by atoms with E-state index in [4.69, 9.17) is 15.0 Å². The quantitative estimate of drug-likeness (QED) is 0.178. The van der Waals surface area contributed by atoms with Gasteiger partial charge in [0.1, 0.15) is 5.52 Å². The molecule has 0 saturated heterocycles. The molecule has 0 aliphatic carbocycles. The molecule has 0 spiro atoms. The Labute approximate surface area is 353 Å². The van der Waals surface area contributed by atoms with Gasteiger partial charge in [-0.25, -0.2) is 4.98 Å². The SMILES string of the molecule is Cn1c(-n2c3ccccc3c3ccc4c(c5ccccc5n4-c4ccccc4)c32)nc2nc(-n3c4ccccc4c4c3ccc3c5ccccc5n(-c5ccccc5)c34)ncc21. The summed E-state index contributed by atoms with van der Waals surface area (Å²) >= 11 is 0. The monoisotopic (exact) mass is 794 g/mol. The molecular weight excluding hydrogens is 761 g/mol. The highest BCUT2D eigenvalue weighted by Gasteiger charge is 2.25. The van der Waals surface area contributed by atoms with Gasteiger partial charge in [-0.05, 0) is 60.7 Å². The van der Waals surface area contributed by atoms with Gasteiger partial charge in [-0.15, -0.1) is 0 Å². The Kier molecular flexibility index (Phi) is 6.61. The van der Waals surface area contributed by atoms with Gasteiger partial charge in [0.2, 0.25) is 11.9 Å². The van der Waals surface area contributed by atoms with E-state index in [1.165, 1.54) is 37.8 Å². The Bertz CT molecular complexity index is 4160. The highest BCUT2D eigenvalue weighted by molar-refractivity contribution is 6.27. The zero-order valence-electron chi connectivity index (χ0n) is 33.5. The van der Waals surface area contributed by atoms with Gasteiger partial charge in [0.25, 0.3) is 0 Å².